The van der Waals surface area contributed by atoms with Gasteiger partial charge in [0.1, 0.15) is 5.76 Å². The first kappa shape index (κ1) is 15.2. The number of sulfonamides is 1. The highest BCUT2D eigenvalue weighted by Gasteiger charge is 2.28. The second-order valence-electron chi connectivity index (χ2n) is 5.77. The van der Waals surface area contributed by atoms with Crippen LogP contribution in [-0.2, 0) is 16.6 Å². The summed E-state index contributed by atoms with van der Waals surface area (Å²) in [6, 6.07) is 9.98. The van der Waals surface area contributed by atoms with E-state index in [2.05, 4.69) is 9.71 Å². The Hall–Kier alpha value is -2.38. The van der Waals surface area contributed by atoms with Crippen LogP contribution in [0.15, 0.2) is 62.6 Å². The number of nitrogens with zero attached hydrogens (tertiary/aromatic N) is 1. The Bertz CT molecular complexity index is 923. The van der Waals surface area contributed by atoms with Crippen molar-refractivity contribution in [3.05, 3.63) is 60.5 Å². The van der Waals surface area contributed by atoms with E-state index in [-0.39, 0.29) is 11.4 Å². The minimum atomic E-state index is -3.59. The monoisotopic (exact) mass is 344 g/mol. The summed E-state index contributed by atoms with van der Waals surface area (Å²) in [7, 11) is -3.59. The molecule has 1 N–H and O–H groups in total. The molecule has 6 nitrogen and oxygen atoms in total. The van der Waals surface area contributed by atoms with Gasteiger partial charge >= 0.3 is 0 Å². The van der Waals surface area contributed by atoms with Gasteiger partial charge in [0.2, 0.25) is 10.0 Å². The lowest BCUT2D eigenvalue weighted by Gasteiger charge is -2.06. The van der Waals surface area contributed by atoms with Gasteiger partial charge in [-0.3, -0.25) is 0 Å². The van der Waals surface area contributed by atoms with Gasteiger partial charge in [0, 0.05) is 11.5 Å². The second-order valence-corrected chi connectivity index (χ2v) is 7.53. The van der Waals surface area contributed by atoms with E-state index in [1.807, 2.05) is 0 Å². The molecular weight excluding hydrogens is 328 g/mol. The Balaban J connectivity index is 1.49. The highest BCUT2D eigenvalue weighted by Crippen LogP contribution is 2.40. The molecule has 3 aromatic rings. The van der Waals surface area contributed by atoms with Gasteiger partial charge in [-0.25, -0.2) is 18.1 Å². The predicted octanol–water partition coefficient (Wildman–Crippen LogP) is 3.29. The summed E-state index contributed by atoms with van der Waals surface area (Å²) in [5.41, 5.74) is 0.805. The van der Waals surface area contributed by atoms with Crippen molar-refractivity contribution < 1.29 is 17.3 Å². The van der Waals surface area contributed by atoms with Gasteiger partial charge in [-0.05, 0) is 49.2 Å². The first-order valence-electron chi connectivity index (χ1n) is 7.70. The van der Waals surface area contributed by atoms with E-state index < -0.39 is 10.0 Å². The van der Waals surface area contributed by atoms with Crippen molar-refractivity contribution in [2.24, 2.45) is 0 Å². The molecule has 1 fully saturated rings. The second kappa shape index (κ2) is 5.92. The lowest BCUT2D eigenvalue weighted by Crippen LogP contribution is -2.22. The predicted molar refractivity (Wildman–Crippen MR) is 86.6 cm³/mol. The normalized spacial score (nSPS) is 14.8. The van der Waals surface area contributed by atoms with E-state index in [0.29, 0.717) is 17.4 Å². The van der Waals surface area contributed by atoms with Gasteiger partial charge in [-0.2, -0.15) is 0 Å². The quantitative estimate of drug-likeness (QED) is 0.741. The van der Waals surface area contributed by atoms with Crippen LogP contribution in [0.5, 0.6) is 0 Å². The molecule has 7 heteroatoms. The van der Waals surface area contributed by atoms with Crippen LogP contribution in [0.2, 0.25) is 0 Å². The molecule has 124 valence electrons. The SMILES string of the molecule is O=S(=O)(NCc1ccco1)c1ccc(-c2cnc(C3CC3)o2)cc1. The highest BCUT2D eigenvalue weighted by molar-refractivity contribution is 7.89. The lowest BCUT2D eigenvalue weighted by atomic mass is 10.2. The third-order valence-corrected chi connectivity index (χ3v) is 5.33. The molecule has 0 radical (unpaired) electrons. The zero-order chi connectivity index (χ0) is 16.6. The first-order valence-corrected chi connectivity index (χ1v) is 9.18. The Labute approximate surface area is 139 Å². The largest absolute Gasteiger partial charge is 0.468 e. The summed E-state index contributed by atoms with van der Waals surface area (Å²) in [5, 5.41) is 0. The van der Waals surface area contributed by atoms with Gasteiger partial charge < -0.3 is 8.83 Å². The summed E-state index contributed by atoms with van der Waals surface area (Å²) in [6.45, 7) is 0.115. The standard InChI is InChI=1S/C17H16N2O4S/c20-24(21,19-10-14-2-1-9-22-14)15-7-5-12(6-8-15)16-11-18-17(23-16)13-3-4-13/h1-2,5-9,11,13,19H,3-4,10H2. The maximum atomic E-state index is 12.3. The molecule has 1 saturated carbocycles. The number of oxazole rings is 1. The molecule has 1 aliphatic carbocycles. The van der Waals surface area contributed by atoms with Crippen molar-refractivity contribution in [2.75, 3.05) is 0 Å². The molecule has 0 bridgehead atoms. The van der Waals surface area contributed by atoms with Crippen molar-refractivity contribution in [1.82, 2.24) is 9.71 Å². The van der Waals surface area contributed by atoms with Gasteiger partial charge in [0.15, 0.2) is 11.7 Å². The lowest BCUT2D eigenvalue weighted by molar-refractivity contribution is 0.498. The molecule has 24 heavy (non-hydrogen) atoms. The molecule has 0 aliphatic heterocycles. The van der Waals surface area contributed by atoms with Gasteiger partial charge in [-0.15, -0.1) is 0 Å². The fraction of sp³-hybridized carbons (Fsp3) is 0.235. The van der Waals surface area contributed by atoms with Crippen LogP contribution >= 0.6 is 0 Å². The summed E-state index contributed by atoms with van der Waals surface area (Å²) in [6.07, 6.45) is 5.44. The van der Waals surface area contributed by atoms with E-state index in [9.17, 15) is 8.42 Å². The number of rotatable bonds is 6. The third kappa shape index (κ3) is 3.13. The minimum absolute atomic E-state index is 0.115. The van der Waals surface area contributed by atoms with Gasteiger partial charge in [0.05, 0.1) is 23.9 Å². The number of hydrogen-bond acceptors (Lipinski definition) is 5. The molecule has 1 aromatic carbocycles. The molecule has 0 unspecified atom stereocenters. The molecule has 0 saturated heterocycles. The Morgan fingerprint density at radius 1 is 1.17 bits per heavy atom. The Kier molecular flexibility index (Phi) is 3.74. The van der Waals surface area contributed by atoms with Crippen molar-refractivity contribution in [2.45, 2.75) is 30.2 Å². The fourth-order valence-corrected chi connectivity index (χ4v) is 3.39. The molecule has 2 heterocycles. The molecule has 1 aliphatic rings. The smallest absolute Gasteiger partial charge is 0.240 e. The third-order valence-electron chi connectivity index (χ3n) is 3.92. The number of hydrogen-bond donors (Lipinski definition) is 1. The Morgan fingerprint density at radius 3 is 2.62 bits per heavy atom. The summed E-state index contributed by atoms with van der Waals surface area (Å²) in [4.78, 5) is 4.47. The summed E-state index contributed by atoms with van der Waals surface area (Å²) < 4.78 is 37.9. The molecular formula is C17H16N2O4S. The van der Waals surface area contributed by atoms with Crippen LogP contribution in [0.3, 0.4) is 0 Å². The average molecular weight is 344 g/mol. The molecule has 4 rings (SSSR count). The minimum Gasteiger partial charge on any atom is -0.468 e. The summed E-state index contributed by atoms with van der Waals surface area (Å²) in [5.74, 6) is 2.43. The van der Waals surface area contributed by atoms with Crippen LogP contribution < -0.4 is 4.72 Å². The maximum Gasteiger partial charge on any atom is 0.240 e. The van der Waals surface area contributed by atoms with Crippen molar-refractivity contribution in [1.29, 1.82) is 0 Å². The average Bonchev–Trinajstić information content (AvgIpc) is 3.11. The first-order chi connectivity index (χ1) is 11.6. The summed E-state index contributed by atoms with van der Waals surface area (Å²) >= 11 is 0. The zero-order valence-corrected chi connectivity index (χ0v) is 13.6. The van der Waals surface area contributed by atoms with Gasteiger partial charge in [0.25, 0.3) is 0 Å². The van der Waals surface area contributed by atoms with Crippen molar-refractivity contribution in [3.63, 3.8) is 0 Å². The number of aromatic nitrogens is 1. The van der Waals surface area contributed by atoms with E-state index in [4.69, 9.17) is 8.83 Å². The molecule has 2 aromatic heterocycles. The Morgan fingerprint density at radius 2 is 1.96 bits per heavy atom. The van der Waals surface area contributed by atoms with Crippen molar-refractivity contribution in [3.8, 4) is 11.3 Å². The molecule has 0 amide bonds. The van der Waals surface area contributed by atoms with E-state index in [0.717, 1.165) is 24.3 Å². The molecule has 0 spiro atoms. The topological polar surface area (TPSA) is 85.3 Å². The fourth-order valence-electron chi connectivity index (χ4n) is 2.40. The van der Waals surface area contributed by atoms with E-state index in [1.54, 1.807) is 42.6 Å². The zero-order valence-electron chi connectivity index (χ0n) is 12.8. The van der Waals surface area contributed by atoms with Crippen LogP contribution in [0.25, 0.3) is 11.3 Å². The number of nitrogens with one attached hydrogen (secondary N) is 1. The molecule has 0 atom stereocenters. The number of benzene rings is 1. The van der Waals surface area contributed by atoms with Crippen molar-refractivity contribution >= 4 is 10.0 Å². The van der Waals surface area contributed by atoms with E-state index >= 15 is 0 Å². The maximum absolute atomic E-state index is 12.3. The van der Waals surface area contributed by atoms with Crippen LogP contribution in [0.4, 0.5) is 0 Å². The van der Waals surface area contributed by atoms with Gasteiger partial charge in [-0.1, -0.05) is 0 Å². The number of furan rings is 1. The van der Waals surface area contributed by atoms with Crippen LogP contribution in [-0.4, -0.2) is 13.4 Å². The van der Waals surface area contributed by atoms with Crippen LogP contribution in [0.1, 0.15) is 30.4 Å². The van der Waals surface area contributed by atoms with Crippen LogP contribution in [0, 0.1) is 0 Å². The van der Waals surface area contributed by atoms with E-state index in [1.165, 1.54) is 6.26 Å². The highest BCUT2D eigenvalue weighted by atomic mass is 32.2.